The summed E-state index contributed by atoms with van der Waals surface area (Å²) in [5, 5.41) is 3.66. The van der Waals surface area contributed by atoms with Crippen molar-refractivity contribution in [1.29, 1.82) is 0 Å². The summed E-state index contributed by atoms with van der Waals surface area (Å²) in [5.41, 5.74) is 1.60. The molecule has 0 heterocycles. The van der Waals surface area contributed by atoms with Gasteiger partial charge in [0.25, 0.3) is 5.91 Å². The molecular weight excluding hydrogens is 314 g/mol. The highest BCUT2D eigenvalue weighted by Gasteiger charge is 2.09. The lowest BCUT2D eigenvalue weighted by molar-refractivity contribution is 0.0952. The second-order valence-corrected chi connectivity index (χ2v) is 5.46. The number of hydrogen-bond acceptors (Lipinski definition) is 3. The van der Waals surface area contributed by atoms with E-state index in [0.29, 0.717) is 23.6 Å². The Morgan fingerprint density at radius 1 is 1.09 bits per heavy atom. The minimum Gasteiger partial charge on any atom is -0.497 e. The lowest BCUT2D eigenvalue weighted by Gasteiger charge is -2.09. The molecule has 0 fully saturated rings. The Kier molecular flexibility index (Phi) is 6.29. The summed E-state index contributed by atoms with van der Waals surface area (Å²) in [5.74, 6) is 1.03. The number of amides is 1. The molecule has 4 nitrogen and oxygen atoms in total. The van der Waals surface area contributed by atoms with E-state index in [1.54, 1.807) is 32.4 Å². The maximum Gasteiger partial charge on any atom is 0.251 e. The van der Waals surface area contributed by atoms with Gasteiger partial charge in [0.2, 0.25) is 0 Å². The molecule has 0 saturated heterocycles. The summed E-state index contributed by atoms with van der Waals surface area (Å²) < 4.78 is 10.3. The van der Waals surface area contributed by atoms with Crippen molar-refractivity contribution < 1.29 is 14.3 Å². The van der Waals surface area contributed by atoms with E-state index in [2.05, 4.69) is 5.32 Å². The van der Waals surface area contributed by atoms with E-state index in [9.17, 15) is 4.79 Å². The van der Waals surface area contributed by atoms with Crippen LogP contribution in [0, 0.1) is 0 Å². The van der Waals surface area contributed by atoms with Gasteiger partial charge < -0.3 is 14.8 Å². The molecule has 0 atom stereocenters. The molecule has 0 spiro atoms. The standard InChI is InChI=1S/C18H20ClNO3/c1-22-15-10-14(11-16(12-15)23-2)18(21)20-9-5-7-13-6-3-4-8-17(13)19/h3-4,6,8,10-12H,5,7,9H2,1-2H3,(H,20,21). The molecule has 23 heavy (non-hydrogen) atoms. The Labute approximate surface area is 141 Å². The zero-order chi connectivity index (χ0) is 16.7. The average Bonchev–Trinajstić information content (AvgIpc) is 2.59. The van der Waals surface area contributed by atoms with Gasteiger partial charge in [0.15, 0.2) is 0 Å². The molecule has 0 aliphatic rings. The molecule has 0 aliphatic carbocycles. The molecule has 0 radical (unpaired) electrons. The van der Waals surface area contributed by atoms with Crippen LogP contribution < -0.4 is 14.8 Å². The van der Waals surface area contributed by atoms with E-state index >= 15 is 0 Å². The number of nitrogens with one attached hydrogen (secondary N) is 1. The smallest absolute Gasteiger partial charge is 0.251 e. The fraction of sp³-hybridized carbons (Fsp3) is 0.278. The van der Waals surface area contributed by atoms with E-state index < -0.39 is 0 Å². The van der Waals surface area contributed by atoms with Gasteiger partial charge in [-0.15, -0.1) is 0 Å². The lowest BCUT2D eigenvalue weighted by Crippen LogP contribution is -2.24. The second-order valence-electron chi connectivity index (χ2n) is 5.05. The van der Waals surface area contributed by atoms with Crippen molar-refractivity contribution in [2.24, 2.45) is 0 Å². The highest BCUT2D eigenvalue weighted by molar-refractivity contribution is 6.31. The van der Waals surface area contributed by atoms with E-state index in [4.69, 9.17) is 21.1 Å². The molecule has 122 valence electrons. The Morgan fingerprint density at radius 2 is 1.74 bits per heavy atom. The van der Waals surface area contributed by atoms with Gasteiger partial charge in [-0.05, 0) is 36.6 Å². The van der Waals surface area contributed by atoms with Crippen molar-refractivity contribution in [2.45, 2.75) is 12.8 Å². The first-order valence-electron chi connectivity index (χ1n) is 7.38. The van der Waals surface area contributed by atoms with Crippen LogP contribution in [-0.4, -0.2) is 26.7 Å². The van der Waals surface area contributed by atoms with Gasteiger partial charge in [-0.1, -0.05) is 29.8 Å². The summed E-state index contributed by atoms with van der Waals surface area (Å²) in [4.78, 5) is 12.2. The van der Waals surface area contributed by atoms with Crippen LogP contribution in [0.3, 0.4) is 0 Å². The van der Waals surface area contributed by atoms with Crippen LogP contribution in [0.4, 0.5) is 0 Å². The third-order valence-corrected chi connectivity index (χ3v) is 3.85. The van der Waals surface area contributed by atoms with Gasteiger partial charge in [-0.3, -0.25) is 4.79 Å². The highest BCUT2D eigenvalue weighted by Crippen LogP contribution is 2.22. The molecule has 0 aliphatic heterocycles. The highest BCUT2D eigenvalue weighted by atomic mass is 35.5. The van der Waals surface area contributed by atoms with Gasteiger partial charge in [-0.2, -0.15) is 0 Å². The van der Waals surface area contributed by atoms with Gasteiger partial charge in [0.05, 0.1) is 14.2 Å². The van der Waals surface area contributed by atoms with Crippen LogP contribution in [-0.2, 0) is 6.42 Å². The maximum absolute atomic E-state index is 12.2. The third-order valence-electron chi connectivity index (χ3n) is 3.48. The number of carbonyl (C=O) groups excluding carboxylic acids is 1. The molecule has 1 amide bonds. The SMILES string of the molecule is COc1cc(OC)cc(C(=O)NCCCc2ccccc2Cl)c1. The number of halogens is 1. The fourth-order valence-corrected chi connectivity index (χ4v) is 2.45. The Bertz CT molecular complexity index is 651. The molecule has 0 aromatic heterocycles. The third kappa shape index (κ3) is 4.89. The number of rotatable bonds is 7. The van der Waals surface area contributed by atoms with Crippen LogP contribution in [0.15, 0.2) is 42.5 Å². The Morgan fingerprint density at radius 3 is 2.35 bits per heavy atom. The molecule has 0 unspecified atom stereocenters. The quantitative estimate of drug-likeness (QED) is 0.785. The van der Waals surface area contributed by atoms with Crippen molar-refractivity contribution >= 4 is 17.5 Å². The van der Waals surface area contributed by atoms with E-state index in [0.717, 1.165) is 23.4 Å². The van der Waals surface area contributed by atoms with Gasteiger partial charge in [0, 0.05) is 23.2 Å². The number of ether oxygens (including phenoxy) is 2. The average molecular weight is 334 g/mol. The summed E-state index contributed by atoms with van der Waals surface area (Å²) in [6.45, 7) is 0.573. The van der Waals surface area contributed by atoms with Crippen molar-refractivity contribution in [3.63, 3.8) is 0 Å². The number of hydrogen-bond donors (Lipinski definition) is 1. The first-order valence-corrected chi connectivity index (χ1v) is 7.76. The number of carbonyl (C=O) groups is 1. The second kappa shape index (κ2) is 8.44. The monoisotopic (exact) mass is 333 g/mol. The molecule has 2 aromatic carbocycles. The van der Waals surface area contributed by atoms with Gasteiger partial charge in [0.1, 0.15) is 11.5 Å². The van der Waals surface area contributed by atoms with Crippen molar-refractivity contribution in [2.75, 3.05) is 20.8 Å². The molecule has 0 saturated carbocycles. The topological polar surface area (TPSA) is 47.6 Å². The van der Waals surface area contributed by atoms with Crippen LogP contribution in [0.2, 0.25) is 5.02 Å². The van der Waals surface area contributed by atoms with E-state index in [1.807, 2.05) is 24.3 Å². The predicted octanol–water partition coefficient (Wildman–Crippen LogP) is 3.72. The first kappa shape index (κ1) is 17.2. The largest absolute Gasteiger partial charge is 0.497 e. The Hall–Kier alpha value is -2.20. The molecule has 0 bridgehead atoms. The molecule has 1 N–H and O–H groups in total. The minimum absolute atomic E-state index is 0.152. The van der Waals surface area contributed by atoms with Gasteiger partial charge >= 0.3 is 0 Å². The van der Waals surface area contributed by atoms with Crippen molar-refractivity contribution in [3.05, 3.63) is 58.6 Å². The molecule has 5 heteroatoms. The van der Waals surface area contributed by atoms with Gasteiger partial charge in [-0.25, -0.2) is 0 Å². The first-order chi connectivity index (χ1) is 11.1. The lowest BCUT2D eigenvalue weighted by atomic mass is 10.1. The number of benzene rings is 2. The number of aryl methyl sites for hydroxylation is 1. The molecule has 2 aromatic rings. The van der Waals surface area contributed by atoms with E-state index in [1.165, 1.54) is 0 Å². The van der Waals surface area contributed by atoms with Crippen molar-refractivity contribution in [3.8, 4) is 11.5 Å². The minimum atomic E-state index is -0.152. The maximum atomic E-state index is 12.2. The Balaban J connectivity index is 1.89. The fourth-order valence-electron chi connectivity index (χ4n) is 2.22. The number of methoxy groups -OCH3 is 2. The summed E-state index contributed by atoms with van der Waals surface area (Å²) in [7, 11) is 3.11. The zero-order valence-electron chi connectivity index (χ0n) is 13.3. The normalized spacial score (nSPS) is 10.2. The van der Waals surface area contributed by atoms with Crippen LogP contribution in [0.5, 0.6) is 11.5 Å². The van der Waals surface area contributed by atoms with Crippen LogP contribution >= 0.6 is 11.6 Å². The molecular formula is C18H20ClNO3. The summed E-state index contributed by atoms with van der Waals surface area (Å²) in [6.07, 6.45) is 1.64. The summed E-state index contributed by atoms with van der Waals surface area (Å²) in [6, 6.07) is 12.8. The van der Waals surface area contributed by atoms with Crippen LogP contribution in [0.25, 0.3) is 0 Å². The van der Waals surface area contributed by atoms with Crippen LogP contribution in [0.1, 0.15) is 22.3 Å². The molecule has 2 rings (SSSR count). The summed E-state index contributed by atoms with van der Waals surface area (Å²) >= 11 is 6.11. The van der Waals surface area contributed by atoms with E-state index in [-0.39, 0.29) is 5.91 Å². The van der Waals surface area contributed by atoms with Crippen molar-refractivity contribution in [1.82, 2.24) is 5.32 Å². The zero-order valence-corrected chi connectivity index (χ0v) is 14.0. The predicted molar refractivity (Wildman–Crippen MR) is 91.7 cm³/mol.